The quantitative estimate of drug-likeness (QED) is 0.738. The second-order valence-electron chi connectivity index (χ2n) is 5.21. The van der Waals surface area contributed by atoms with Crippen LogP contribution in [0.5, 0.6) is 0 Å². The van der Waals surface area contributed by atoms with Gasteiger partial charge in [-0.2, -0.15) is 0 Å². The van der Waals surface area contributed by atoms with E-state index >= 15 is 0 Å². The number of hydrogen-bond acceptors (Lipinski definition) is 2. The van der Waals surface area contributed by atoms with Crippen molar-refractivity contribution < 1.29 is 9.53 Å². The first kappa shape index (κ1) is 11.9. The summed E-state index contributed by atoms with van der Waals surface area (Å²) in [6, 6.07) is 0. The molecule has 1 saturated carbocycles. The number of carbonyl (C=O) groups excluding carboxylic acids is 1. The van der Waals surface area contributed by atoms with Gasteiger partial charge in [-0.25, -0.2) is 0 Å². The van der Waals surface area contributed by atoms with Crippen LogP contribution in [0.25, 0.3) is 0 Å². The van der Waals surface area contributed by atoms with Gasteiger partial charge in [0.25, 0.3) is 0 Å². The molecule has 0 bridgehead atoms. The zero-order valence-electron chi connectivity index (χ0n) is 10.3. The lowest BCUT2D eigenvalue weighted by molar-refractivity contribution is -0.144. The van der Waals surface area contributed by atoms with Crippen LogP contribution in [-0.2, 0) is 9.53 Å². The van der Waals surface area contributed by atoms with E-state index in [1.54, 1.807) is 7.11 Å². The Balaban J connectivity index is 1.86. The van der Waals surface area contributed by atoms with Gasteiger partial charge in [0.05, 0.1) is 12.0 Å². The Hall–Kier alpha value is -0.570. The maximum absolute atomic E-state index is 12.2. The molecule has 0 radical (unpaired) electrons. The summed E-state index contributed by atoms with van der Waals surface area (Å²) >= 11 is 0. The molecule has 0 N–H and O–H groups in total. The van der Waals surface area contributed by atoms with Crippen LogP contribution < -0.4 is 0 Å². The molecule has 0 aromatic carbocycles. The lowest BCUT2D eigenvalue weighted by Gasteiger charge is -2.41. The maximum Gasteiger partial charge on any atom is 0.225 e. The SMILES string of the molecule is COC1(CC(=O)N2CCCCCC2)CCC1. The van der Waals surface area contributed by atoms with E-state index in [0.29, 0.717) is 12.3 Å². The number of nitrogens with zero attached hydrogens (tertiary/aromatic N) is 1. The van der Waals surface area contributed by atoms with E-state index in [1.165, 1.54) is 32.1 Å². The van der Waals surface area contributed by atoms with E-state index in [-0.39, 0.29) is 5.60 Å². The summed E-state index contributed by atoms with van der Waals surface area (Å²) in [6.45, 7) is 1.91. The molecule has 2 fully saturated rings. The predicted molar refractivity (Wildman–Crippen MR) is 63.3 cm³/mol. The molecular weight excluding hydrogens is 202 g/mol. The average Bonchev–Trinajstić information content (AvgIpc) is 2.51. The molecule has 1 heterocycles. The predicted octanol–water partition coefficient (Wildman–Crippen LogP) is 2.35. The number of rotatable bonds is 3. The van der Waals surface area contributed by atoms with E-state index in [4.69, 9.17) is 4.74 Å². The van der Waals surface area contributed by atoms with Gasteiger partial charge >= 0.3 is 0 Å². The molecule has 0 aromatic heterocycles. The molecule has 0 spiro atoms. The molecule has 1 amide bonds. The largest absolute Gasteiger partial charge is 0.378 e. The zero-order valence-corrected chi connectivity index (χ0v) is 10.3. The van der Waals surface area contributed by atoms with Gasteiger partial charge in [-0.05, 0) is 32.1 Å². The first-order valence-corrected chi connectivity index (χ1v) is 6.59. The summed E-state index contributed by atoms with van der Waals surface area (Å²) in [5.74, 6) is 0.309. The summed E-state index contributed by atoms with van der Waals surface area (Å²) in [4.78, 5) is 14.2. The molecule has 1 aliphatic heterocycles. The van der Waals surface area contributed by atoms with Crippen LogP contribution in [0.2, 0.25) is 0 Å². The van der Waals surface area contributed by atoms with Gasteiger partial charge in [0.1, 0.15) is 0 Å². The molecule has 16 heavy (non-hydrogen) atoms. The molecule has 1 saturated heterocycles. The summed E-state index contributed by atoms with van der Waals surface area (Å²) in [7, 11) is 1.74. The fraction of sp³-hybridized carbons (Fsp3) is 0.923. The summed E-state index contributed by atoms with van der Waals surface area (Å²) in [5, 5.41) is 0. The van der Waals surface area contributed by atoms with Crippen molar-refractivity contribution in [3.05, 3.63) is 0 Å². The van der Waals surface area contributed by atoms with Crippen molar-refractivity contribution in [1.82, 2.24) is 4.90 Å². The Morgan fingerprint density at radius 3 is 2.19 bits per heavy atom. The highest BCUT2D eigenvalue weighted by molar-refractivity contribution is 5.77. The molecule has 1 aliphatic carbocycles. The van der Waals surface area contributed by atoms with Gasteiger partial charge in [0.15, 0.2) is 0 Å². The number of ether oxygens (including phenoxy) is 1. The number of hydrogen-bond donors (Lipinski definition) is 0. The molecule has 0 aromatic rings. The van der Waals surface area contributed by atoms with Crippen LogP contribution in [0.15, 0.2) is 0 Å². The van der Waals surface area contributed by atoms with Crippen molar-refractivity contribution in [1.29, 1.82) is 0 Å². The van der Waals surface area contributed by atoms with E-state index in [1.807, 2.05) is 4.90 Å². The van der Waals surface area contributed by atoms with Gasteiger partial charge in [-0.3, -0.25) is 4.79 Å². The highest BCUT2D eigenvalue weighted by Crippen LogP contribution is 2.38. The minimum atomic E-state index is -0.108. The zero-order chi connectivity index (χ0) is 11.4. The number of likely N-dealkylation sites (tertiary alicyclic amines) is 1. The van der Waals surface area contributed by atoms with Crippen LogP contribution in [0, 0.1) is 0 Å². The standard InChI is InChI=1S/C13H23NO2/c1-16-13(7-6-8-13)11-12(15)14-9-4-2-3-5-10-14/h2-11H2,1H3. The molecule has 92 valence electrons. The van der Waals surface area contributed by atoms with Crippen molar-refractivity contribution in [3.63, 3.8) is 0 Å². The Morgan fingerprint density at radius 1 is 1.12 bits per heavy atom. The van der Waals surface area contributed by atoms with Crippen LogP contribution in [0.1, 0.15) is 51.4 Å². The molecular formula is C13H23NO2. The topological polar surface area (TPSA) is 29.5 Å². The number of carbonyl (C=O) groups is 1. The Labute approximate surface area is 98.1 Å². The minimum absolute atomic E-state index is 0.108. The number of methoxy groups -OCH3 is 1. The van der Waals surface area contributed by atoms with Crippen molar-refractivity contribution in [3.8, 4) is 0 Å². The van der Waals surface area contributed by atoms with Crippen LogP contribution in [-0.4, -0.2) is 36.6 Å². The molecule has 0 atom stereocenters. The van der Waals surface area contributed by atoms with E-state index in [9.17, 15) is 4.79 Å². The average molecular weight is 225 g/mol. The minimum Gasteiger partial charge on any atom is -0.378 e. The fourth-order valence-electron chi connectivity index (χ4n) is 2.73. The van der Waals surface area contributed by atoms with Crippen LogP contribution >= 0.6 is 0 Å². The summed E-state index contributed by atoms with van der Waals surface area (Å²) < 4.78 is 5.52. The van der Waals surface area contributed by atoms with Crippen molar-refractivity contribution in [2.24, 2.45) is 0 Å². The van der Waals surface area contributed by atoms with Crippen molar-refractivity contribution >= 4 is 5.91 Å². The third-order valence-corrected chi connectivity index (χ3v) is 4.13. The molecule has 2 aliphatic rings. The van der Waals surface area contributed by atoms with E-state index < -0.39 is 0 Å². The normalized spacial score (nSPS) is 24.7. The fourth-order valence-corrected chi connectivity index (χ4v) is 2.73. The summed E-state index contributed by atoms with van der Waals surface area (Å²) in [5.41, 5.74) is -0.108. The third kappa shape index (κ3) is 2.57. The smallest absolute Gasteiger partial charge is 0.225 e. The lowest BCUT2D eigenvalue weighted by atomic mass is 9.77. The van der Waals surface area contributed by atoms with Gasteiger partial charge < -0.3 is 9.64 Å². The van der Waals surface area contributed by atoms with Gasteiger partial charge in [0, 0.05) is 20.2 Å². The molecule has 0 unspecified atom stereocenters. The Morgan fingerprint density at radius 2 is 1.75 bits per heavy atom. The van der Waals surface area contributed by atoms with Crippen molar-refractivity contribution in [2.75, 3.05) is 20.2 Å². The van der Waals surface area contributed by atoms with E-state index in [2.05, 4.69) is 0 Å². The van der Waals surface area contributed by atoms with Gasteiger partial charge in [0.2, 0.25) is 5.91 Å². The highest BCUT2D eigenvalue weighted by Gasteiger charge is 2.39. The molecule has 3 heteroatoms. The first-order valence-electron chi connectivity index (χ1n) is 6.59. The van der Waals surface area contributed by atoms with Gasteiger partial charge in [-0.1, -0.05) is 12.8 Å². The van der Waals surface area contributed by atoms with E-state index in [0.717, 1.165) is 25.9 Å². The van der Waals surface area contributed by atoms with Gasteiger partial charge in [-0.15, -0.1) is 0 Å². The first-order chi connectivity index (χ1) is 7.76. The number of amides is 1. The van der Waals surface area contributed by atoms with Crippen molar-refractivity contribution in [2.45, 2.75) is 57.0 Å². The monoisotopic (exact) mass is 225 g/mol. The van der Waals surface area contributed by atoms with Crippen LogP contribution in [0.3, 0.4) is 0 Å². The Kier molecular flexibility index (Phi) is 3.85. The molecule has 3 nitrogen and oxygen atoms in total. The summed E-state index contributed by atoms with van der Waals surface area (Å²) in [6.07, 6.45) is 8.83. The van der Waals surface area contributed by atoms with Crippen LogP contribution in [0.4, 0.5) is 0 Å². The highest BCUT2D eigenvalue weighted by atomic mass is 16.5. The second-order valence-corrected chi connectivity index (χ2v) is 5.21. The second kappa shape index (κ2) is 5.17. The lowest BCUT2D eigenvalue weighted by Crippen LogP contribution is -2.45. The Bertz CT molecular complexity index is 235. The molecule has 2 rings (SSSR count). The third-order valence-electron chi connectivity index (χ3n) is 4.13. The maximum atomic E-state index is 12.2.